The van der Waals surface area contributed by atoms with E-state index in [0.29, 0.717) is 4.83 Å². The number of aryl methyl sites for hydroxylation is 1. The normalized spacial score (nSPS) is 13.1. The average Bonchev–Trinajstić information content (AvgIpc) is 1.88. The van der Waals surface area contributed by atoms with E-state index < -0.39 is 0 Å². The maximum atomic E-state index is 4.23. The SMILES string of the molecule is Cc1cccnc1[C@@H](C)Br. The zero-order valence-electron chi connectivity index (χ0n) is 6.13. The molecular formula is C8H10BrN. The van der Waals surface area contributed by atoms with Gasteiger partial charge in [-0.25, -0.2) is 0 Å². The lowest BCUT2D eigenvalue weighted by molar-refractivity contribution is 0.998. The first-order valence-corrected chi connectivity index (χ1v) is 4.19. The minimum absolute atomic E-state index is 0.355. The molecule has 0 bridgehead atoms. The van der Waals surface area contributed by atoms with Crippen molar-refractivity contribution in [2.45, 2.75) is 18.7 Å². The Morgan fingerprint density at radius 3 is 2.70 bits per heavy atom. The van der Waals surface area contributed by atoms with Crippen molar-refractivity contribution >= 4 is 15.9 Å². The molecule has 0 aliphatic rings. The molecule has 0 radical (unpaired) electrons. The van der Waals surface area contributed by atoms with E-state index in [4.69, 9.17) is 0 Å². The molecule has 0 spiro atoms. The fraction of sp³-hybridized carbons (Fsp3) is 0.375. The summed E-state index contributed by atoms with van der Waals surface area (Å²) < 4.78 is 0. The van der Waals surface area contributed by atoms with Gasteiger partial charge in [-0.05, 0) is 25.5 Å². The molecule has 0 saturated heterocycles. The molecule has 1 nitrogen and oxygen atoms in total. The Kier molecular flexibility index (Phi) is 2.44. The molecule has 0 saturated carbocycles. The van der Waals surface area contributed by atoms with Crippen molar-refractivity contribution in [2.24, 2.45) is 0 Å². The maximum absolute atomic E-state index is 4.23. The molecule has 0 aliphatic heterocycles. The van der Waals surface area contributed by atoms with Crippen LogP contribution < -0.4 is 0 Å². The van der Waals surface area contributed by atoms with Crippen LogP contribution in [0.3, 0.4) is 0 Å². The highest BCUT2D eigenvalue weighted by Gasteiger charge is 2.03. The highest BCUT2D eigenvalue weighted by molar-refractivity contribution is 9.09. The van der Waals surface area contributed by atoms with Crippen LogP contribution in [0.25, 0.3) is 0 Å². The van der Waals surface area contributed by atoms with E-state index in [1.54, 1.807) is 0 Å². The zero-order valence-corrected chi connectivity index (χ0v) is 7.72. The van der Waals surface area contributed by atoms with Gasteiger partial charge in [0.2, 0.25) is 0 Å². The van der Waals surface area contributed by atoms with Crippen LogP contribution >= 0.6 is 15.9 Å². The molecule has 1 heterocycles. The highest BCUT2D eigenvalue weighted by atomic mass is 79.9. The van der Waals surface area contributed by atoms with Crippen LogP contribution in [0.2, 0.25) is 0 Å². The van der Waals surface area contributed by atoms with Gasteiger partial charge in [0.15, 0.2) is 0 Å². The third kappa shape index (κ3) is 1.57. The highest BCUT2D eigenvalue weighted by Crippen LogP contribution is 2.21. The van der Waals surface area contributed by atoms with E-state index >= 15 is 0 Å². The van der Waals surface area contributed by atoms with Crippen LogP contribution in [0.5, 0.6) is 0 Å². The molecule has 0 fully saturated rings. The third-order valence-electron chi connectivity index (χ3n) is 1.43. The number of alkyl halides is 1. The summed E-state index contributed by atoms with van der Waals surface area (Å²) in [4.78, 5) is 4.59. The summed E-state index contributed by atoms with van der Waals surface area (Å²) in [7, 11) is 0. The van der Waals surface area contributed by atoms with Crippen LogP contribution in [0.4, 0.5) is 0 Å². The first-order valence-electron chi connectivity index (χ1n) is 3.27. The van der Waals surface area contributed by atoms with Crippen molar-refractivity contribution in [3.05, 3.63) is 29.6 Å². The summed E-state index contributed by atoms with van der Waals surface area (Å²) in [5, 5.41) is 0. The first kappa shape index (κ1) is 7.73. The Morgan fingerprint density at radius 2 is 2.30 bits per heavy atom. The van der Waals surface area contributed by atoms with Gasteiger partial charge < -0.3 is 0 Å². The summed E-state index contributed by atoms with van der Waals surface area (Å²) in [6.07, 6.45) is 1.82. The van der Waals surface area contributed by atoms with Gasteiger partial charge in [0.05, 0.1) is 10.5 Å². The average molecular weight is 200 g/mol. The molecule has 54 valence electrons. The van der Waals surface area contributed by atoms with Gasteiger partial charge in [0.25, 0.3) is 0 Å². The smallest absolute Gasteiger partial charge is 0.0566 e. The quantitative estimate of drug-likeness (QED) is 0.635. The molecule has 2 heteroatoms. The summed E-state index contributed by atoms with van der Waals surface area (Å²) in [6.45, 7) is 4.15. The van der Waals surface area contributed by atoms with Crippen LogP contribution in [0.15, 0.2) is 18.3 Å². The lowest BCUT2D eigenvalue weighted by Gasteiger charge is -2.04. The molecule has 0 N–H and O–H groups in total. The monoisotopic (exact) mass is 199 g/mol. The Morgan fingerprint density at radius 1 is 1.60 bits per heavy atom. The van der Waals surface area contributed by atoms with E-state index in [9.17, 15) is 0 Å². The summed E-state index contributed by atoms with van der Waals surface area (Å²) in [5.41, 5.74) is 2.37. The minimum atomic E-state index is 0.355. The number of nitrogens with zero attached hydrogens (tertiary/aromatic N) is 1. The Labute approximate surface area is 69.6 Å². The van der Waals surface area contributed by atoms with Crippen LogP contribution in [0.1, 0.15) is 23.0 Å². The van der Waals surface area contributed by atoms with Gasteiger partial charge in [0, 0.05) is 6.20 Å². The summed E-state index contributed by atoms with van der Waals surface area (Å²) >= 11 is 3.47. The number of aromatic nitrogens is 1. The van der Waals surface area contributed by atoms with E-state index in [2.05, 4.69) is 40.8 Å². The number of hydrogen-bond acceptors (Lipinski definition) is 1. The van der Waals surface area contributed by atoms with Crippen molar-refractivity contribution in [3.63, 3.8) is 0 Å². The molecule has 1 aromatic rings. The van der Waals surface area contributed by atoms with Gasteiger partial charge >= 0.3 is 0 Å². The molecule has 0 aromatic carbocycles. The lowest BCUT2D eigenvalue weighted by Crippen LogP contribution is -1.91. The summed E-state index contributed by atoms with van der Waals surface area (Å²) in [6, 6.07) is 4.02. The first-order chi connectivity index (χ1) is 4.72. The predicted octanol–water partition coefficient (Wildman–Crippen LogP) is 2.85. The van der Waals surface area contributed by atoms with Crippen molar-refractivity contribution in [3.8, 4) is 0 Å². The molecule has 0 unspecified atom stereocenters. The molecule has 0 amide bonds. The predicted molar refractivity (Wildman–Crippen MR) is 46.3 cm³/mol. The van der Waals surface area contributed by atoms with Crippen molar-refractivity contribution < 1.29 is 0 Å². The Bertz CT molecular complexity index is 220. The standard InChI is InChI=1S/C8H10BrN/c1-6-4-3-5-10-8(6)7(2)9/h3-5,7H,1-2H3/t7-/m1/s1. The number of rotatable bonds is 1. The van der Waals surface area contributed by atoms with Crippen molar-refractivity contribution in [1.29, 1.82) is 0 Å². The van der Waals surface area contributed by atoms with Gasteiger partial charge in [-0.1, -0.05) is 22.0 Å². The van der Waals surface area contributed by atoms with Gasteiger partial charge in [0.1, 0.15) is 0 Å². The molecule has 0 aliphatic carbocycles. The van der Waals surface area contributed by atoms with E-state index in [0.717, 1.165) is 5.69 Å². The van der Waals surface area contributed by atoms with Gasteiger partial charge in [-0.2, -0.15) is 0 Å². The molecular weight excluding hydrogens is 190 g/mol. The minimum Gasteiger partial charge on any atom is -0.260 e. The van der Waals surface area contributed by atoms with Crippen LogP contribution in [-0.2, 0) is 0 Å². The van der Waals surface area contributed by atoms with Gasteiger partial charge in [-0.3, -0.25) is 4.98 Å². The fourth-order valence-electron chi connectivity index (χ4n) is 0.914. The van der Waals surface area contributed by atoms with E-state index in [1.165, 1.54) is 5.56 Å². The number of hydrogen-bond donors (Lipinski definition) is 0. The second-order valence-corrected chi connectivity index (χ2v) is 3.70. The largest absolute Gasteiger partial charge is 0.260 e. The van der Waals surface area contributed by atoms with E-state index in [-0.39, 0.29) is 0 Å². The number of halogens is 1. The molecule has 1 rings (SSSR count). The van der Waals surface area contributed by atoms with Crippen molar-refractivity contribution in [1.82, 2.24) is 4.98 Å². The Balaban J connectivity index is 3.03. The van der Waals surface area contributed by atoms with Crippen LogP contribution in [-0.4, -0.2) is 4.98 Å². The second-order valence-electron chi connectivity index (χ2n) is 2.32. The molecule has 1 atom stereocenters. The summed E-state index contributed by atoms with van der Waals surface area (Å²) in [5.74, 6) is 0. The Hall–Kier alpha value is -0.370. The lowest BCUT2D eigenvalue weighted by atomic mass is 10.2. The third-order valence-corrected chi connectivity index (χ3v) is 1.86. The molecule has 1 aromatic heterocycles. The maximum Gasteiger partial charge on any atom is 0.0566 e. The zero-order chi connectivity index (χ0) is 7.56. The molecule has 10 heavy (non-hydrogen) atoms. The van der Waals surface area contributed by atoms with E-state index in [1.807, 2.05) is 12.3 Å². The fourth-order valence-corrected chi connectivity index (χ4v) is 1.39. The van der Waals surface area contributed by atoms with Crippen molar-refractivity contribution in [2.75, 3.05) is 0 Å². The second kappa shape index (κ2) is 3.15. The van der Waals surface area contributed by atoms with Crippen LogP contribution in [0, 0.1) is 6.92 Å². The topological polar surface area (TPSA) is 12.9 Å². The number of pyridine rings is 1. The van der Waals surface area contributed by atoms with Gasteiger partial charge in [-0.15, -0.1) is 0 Å².